The fourth-order valence-corrected chi connectivity index (χ4v) is 4.48. The second-order valence-electron chi connectivity index (χ2n) is 4.39. The van der Waals surface area contributed by atoms with Crippen LogP contribution >= 0.6 is 23.3 Å². The van der Waals surface area contributed by atoms with E-state index in [1.54, 1.807) is 11.6 Å². The molecule has 0 aliphatic carbocycles. The number of fused-ring (bicyclic) bond motifs is 1. The van der Waals surface area contributed by atoms with Gasteiger partial charge in [0.2, 0.25) is 10.0 Å². The third-order valence-corrected chi connectivity index (χ3v) is 6.28. The van der Waals surface area contributed by atoms with E-state index >= 15 is 0 Å². The summed E-state index contributed by atoms with van der Waals surface area (Å²) in [5.41, 5.74) is 2.22. The molecule has 0 saturated carbocycles. The van der Waals surface area contributed by atoms with Crippen molar-refractivity contribution < 1.29 is 8.42 Å². The molecule has 2 heterocycles. The van der Waals surface area contributed by atoms with E-state index in [0.29, 0.717) is 5.56 Å². The number of nitrogens with two attached hydrogens (primary N) is 1. The number of benzene rings is 1. The van der Waals surface area contributed by atoms with Crippen LogP contribution in [0.25, 0.3) is 10.9 Å². The Kier molecular flexibility index (Phi) is 3.84. The van der Waals surface area contributed by atoms with E-state index in [1.165, 1.54) is 18.0 Å². The molecule has 112 valence electrons. The minimum Gasteiger partial charge on any atom is -0.358 e. The number of nitrogens with zero attached hydrogens (tertiary/aromatic N) is 1. The van der Waals surface area contributed by atoms with E-state index in [1.807, 2.05) is 18.2 Å². The largest absolute Gasteiger partial charge is 0.358 e. The van der Waals surface area contributed by atoms with E-state index in [-0.39, 0.29) is 4.21 Å². The predicted octanol–water partition coefficient (Wildman–Crippen LogP) is 2.87. The first kappa shape index (κ1) is 14.9. The Balaban J connectivity index is 1.84. The molecule has 0 saturated heterocycles. The average Bonchev–Trinajstić information content (AvgIpc) is 3.11. The second kappa shape index (κ2) is 5.66. The fourth-order valence-electron chi connectivity index (χ4n) is 1.95. The number of nitrogens with one attached hydrogen (secondary N) is 2. The number of sulfonamides is 1. The van der Waals surface area contributed by atoms with Crippen molar-refractivity contribution in [2.75, 3.05) is 4.72 Å². The Labute approximate surface area is 135 Å². The molecule has 4 N–H and O–H groups in total. The number of hydrogen-bond acceptors (Lipinski definition) is 6. The van der Waals surface area contributed by atoms with Gasteiger partial charge in [-0.1, -0.05) is 12.1 Å². The molecular weight excluding hydrogens is 340 g/mol. The standard InChI is InChI=1S/C13H10N4O2S3/c14-5-8-6-16-13-10(8)2-1-3-11(13)17-21-9-4-12(20-7-9)22(15,18)19/h1-4,6-7,16-17H,(H2,15,18,19). The Hall–Kier alpha value is -1.99. The molecule has 2 aromatic heterocycles. The zero-order chi connectivity index (χ0) is 15.7. The predicted molar refractivity (Wildman–Crippen MR) is 88.2 cm³/mol. The topological polar surface area (TPSA) is 112 Å². The molecule has 0 unspecified atom stereocenters. The summed E-state index contributed by atoms with van der Waals surface area (Å²) in [6, 6.07) is 9.24. The van der Waals surface area contributed by atoms with Gasteiger partial charge in [-0.15, -0.1) is 11.3 Å². The number of nitriles is 1. The van der Waals surface area contributed by atoms with Crippen molar-refractivity contribution in [3.63, 3.8) is 0 Å². The third-order valence-electron chi connectivity index (χ3n) is 2.95. The van der Waals surface area contributed by atoms with Crippen LogP contribution in [-0.2, 0) is 10.0 Å². The highest BCUT2D eigenvalue weighted by Gasteiger charge is 2.12. The second-order valence-corrected chi connectivity index (χ2v) is 7.97. The molecule has 0 radical (unpaired) electrons. The van der Waals surface area contributed by atoms with E-state index in [0.717, 1.165) is 32.8 Å². The first-order valence-corrected chi connectivity index (χ1v) is 9.27. The van der Waals surface area contributed by atoms with Gasteiger partial charge in [-0.25, -0.2) is 13.6 Å². The summed E-state index contributed by atoms with van der Waals surface area (Å²) in [5, 5.41) is 16.7. The molecule has 0 bridgehead atoms. The van der Waals surface area contributed by atoms with Gasteiger partial charge in [0, 0.05) is 21.9 Å². The minimum absolute atomic E-state index is 0.127. The number of primary sulfonamides is 1. The molecule has 1 aromatic carbocycles. The lowest BCUT2D eigenvalue weighted by Crippen LogP contribution is -2.09. The van der Waals surface area contributed by atoms with Gasteiger partial charge in [0.15, 0.2) is 0 Å². The molecule has 9 heteroatoms. The number of thiophene rings is 1. The van der Waals surface area contributed by atoms with Crippen molar-refractivity contribution in [1.82, 2.24) is 4.98 Å². The number of rotatable bonds is 4. The maximum absolute atomic E-state index is 11.3. The van der Waals surface area contributed by atoms with Crippen molar-refractivity contribution >= 4 is 49.9 Å². The fraction of sp³-hybridized carbons (Fsp3) is 0. The Morgan fingerprint density at radius 3 is 2.91 bits per heavy atom. The molecule has 6 nitrogen and oxygen atoms in total. The van der Waals surface area contributed by atoms with Gasteiger partial charge in [-0.3, -0.25) is 0 Å². The van der Waals surface area contributed by atoms with E-state index in [2.05, 4.69) is 15.8 Å². The third kappa shape index (κ3) is 2.82. The van der Waals surface area contributed by atoms with Crippen LogP contribution in [0.5, 0.6) is 0 Å². The van der Waals surface area contributed by atoms with Crippen molar-refractivity contribution in [3.05, 3.63) is 41.4 Å². The molecule has 3 rings (SSSR count). The lowest BCUT2D eigenvalue weighted by molar-refractivity contribution is 0.599. The lowest BCUT2D eigenvalue weighted by atomic mass is 10.2. The number of para-hydroxylation sites is 1. The zero-order valence-corrected chi connectivity index (χ0v) is 13.5. The van der Waals surface area contributed by atoms with Crippen molar-refractivity contribution in [1.29, 1.82) is 5.26 Å². The van der Waals surface area contributed by atoms with Crippen LogP contribution < -0.4 is 9.86 Å². The van der Waals surface area contributed by atoms with Crippen LogP contribution in [0, 0.1) is 11.3 Å². The van der Waals surface area contributed by atoms with Gasteiger partial charge < -0.3 is 9.71 Å². The molecule has 0 aliphatic heterocycles. The van der Waals surface area contributed by atoms with Crippen LogP contribution in [0.4, 0.5) is 5.69 Å². The summed E-state index contributed by atoms with van der Waals surface area (Å²) < 4.78 is 25.8. The number of H-pyrrole nitrogens is 1. The Morgan fingerprint density at radius 2 is 2.23 bits per heavy atom. The van der Waals surface area contributed by atoms with Crippen LogP contribution in [0.15, 0.2) is 44.9 Å². The number of aromatic amines is 1. The van der Waals surface area contributed by atoms with Crippen molar-refractivity contribution in [2.45, 2.75) is 9.10 Å². The van der Waals surface area contributed by atoms with Gasteiger partial charge in [-0.2, -0.15) is 5.26 Å². The summed E-state index contributed by atoms with van der Waals surface area (Å²) in [7, 11) is -3.66. The minimum atomic E-state index is -3.66. The number of aromatic nitrogens is 1. The van der Waals surface area contributed by atoms with Crippen molar-refractivity contribution in [3.8, 4) is 6.07 Å². The highest BCUT2D eigenvalue weighted by atomic mass is 32.2. The van der Waals surface area contributed by atoms with Crippen molar-refractivity contribution in [2.24, 2.45) is 5.14 Å². The lowest BCUT2D eigenvalue weighted by Gasteiger charge is -2.05. The van der Waals surface area contributed by atoms with Crippen LogP contribution in [0.1, 0.15) is 5.56 Å². The summed E-state index contributed by atoms with van der Waals surface area (Å²) in [4.78, 5) is 3.81. The first-order chi connectivity index (χ1) is 10.5. The van der Waals surface area contributed by atoms with Crippen LogP contribution in [0.2, 0.25) is 0 Å². The highest BCUT2D eigenvalue weighted by Crippen LogP contribution is 2.31. The van der Waals surface area contributed by atoms with Gasteiger partial charge >= 0.3 is 0 Å². The van der Waals surface area contributed by atoms with E-state index in [4.69, 9.17) is 10.4 Å². The first-order valence-electron chi connectivity index (χ1n) is 6.03. The molecule has 0 atom stereocenters. The summed E-state index contributed by atoms with van der Waals surface area (Å²) in [5.74, 6) is 0. The summed E-state index contributed by atoms with van der Waals surface area (Å²) >= 11 is 2.36. The van der Waals surface area contributed by atoms with Gasteiger partial charge in [-0.05, 0) is 24.1 Å². The summed E-state index contributed by atoms with van der Waals surface area (Å²) in [6.07, 6.45) is 1.66. The van der Waals surface area contributed by atoms with Gasteiger partial charge in [0.25, 0.3) is 0 Å². The average molecular weight is 350 g/mol. The molecule has 3 aromatic rings. The zero-order valence-electron chi connectivity index (χ0n) is 11.0. The molecule has 0 aliphatic rings. The van der Waals surface area contributed by atoms with Gasteiger partial charge in [0.1, 0.15) is 10.3 Å². The number of anilines is 1. The van der Waals surface area contributed by atoms with Crippen LogP contribution in [0.3, 0.4) is 0 Å². The van der Waals surface area contributed by atoms with Crippen LogP contribution in [-0.4, -0.2) is 13.4 Å². The smallest absolute Gasteiger partial charge is 0.247 e. The number of hydrogen-bond donors (Lipinski definition) is 3. The maximum atomic E-state index is 11.3. The molecule has 22 heavy (non-hydrogen) atoms. The SMILES string of the molecule is N#Cc1c[nH]c2c(NSc3csc(S(N)(=O)=O)c3)cccc12. The quantitative estimate of drug-likeness (QED) is 0.626. The molecular formula is C13H10N4O2S3. The van der Waals surface area contributed by atoms with E-state index in [9.17, 15) is 8.42 Å². The highest BCUT2D eigenvalue weighted by molar-refractivity contribution is 8.00. The Bertz CT molecular complexity index is 982. The Morgan fingerprint density at radius 1 is 1.41 bits per heavy atom. The maximum Gasteiger partial charge on any atom is 0.247 e. The summed E-state index contributed by atoms with van der Waals surface area (Å²) in [6.45, 7) is 0. The van der Waals surface area contributed by atoms with E-state index < -0.39 is 10.0 Å². The molecule has 0 spiro atoms. The monoisotopic (exact) mass is 350 g/mol. The molecule has 0 amide bonds. The van der Waals surface area contributed by atoms with Gasteiger partial charge in [0.05, 0.1) is 16.8 Å². The molecule has 0 fully saturated rings. The normalized spacial score (nSPS) is 11.5.